The standard InChI is InChI=1S/C29H31ClF4N6O2/c30-21-14-35-28(36-15-21)38-6-3-18(4-7-38)23-11-19(23)5-10-42-22-2-1-20(24(31)13-22)12-27(41)40-9-8-39-16-25(29(32,33)34)37-26(39)17-40/h1-2,13-16,18-19,23H,3-12,17H2. The molecule has 2 unspecified atom stereocenters. The second kappa shape index (κ2) is 11.7. The van der Waals surface area contributed by atoms with Gasteiger partial charge in [0.25, 0.3) is 0 Å². The Morgan fingerprint density at radius 1 is 1.10 bits per heavy atom. The van der Waals surface area contributed by atoms with E-state index in [0.717, 1.165) is 44.5 Å². The van der Waals surface area contributed by atoms with Crippen LogP contribution < -0.4 is 9.64 Å². The first kappa shape index (κ1) is 28.7. The number of hydrogen-bond acceptors (Lipinski definition) is 6. The minimum absolute atomic E-state index is 0.0459. The number of fused-ring (bicyclic) bond motifs is 1. The van der Waals surface area contributed by atoms with E-state index in [1.54, 1.807) is 18.5 Å². The molecule has 42 heavy (non-hydrogen) atoms. The first-order chi connectivity index (χ1) is 20.1. The number of anilines is 1. The van der Waals surface area contributed by atoms with Crippen molar-refractivity contribution < 1.29 is 27.1 Å². The molecule has 2 aromatic heterocycles. The fourth-order valence-corrected chi connectivity index (χ4v) is 6.24. The van der Waals surface area contributed by atoms with Gasteiger partial charge in [-0.15, -0.1) is 0 Å². The molecule has 0 bridgehead atoms. The molecule has 3 aliphatic rings. The van der Waals surface area contributed by atoms with E-state index in [0.29, 0.717) is 35.1 Å². The van der Waals surface area contributed by atoms with E-state index in [4.69, 9.17) is 16.3 Å². The molecule has 13 heteroatoms. The van der Waals surface area contributed by atoms with Gasteiger partial charge in [-0.1, -0.05) is 17.7 Å². The summed E-state index contributed by atoms with van der Waals surface area (Å²) in [6, 6.07) is 4.48. The summed E-state index contributed by atoms with van der Waals surface area (Å²) in [6.45, 7) is 2.76. The largest absolute Gasteiger partial charge is 0.493 e. The predicted molar refractivity (Wildman–Crippen MR) is 146 cm³/mol. The number of ether oxygens (including phenoxy) is 1. The van der Waals surface area contributed by atoms with Crippen LogP contribution in [0.2, 0.25) is 5.02 Å². The first-order valence-corrected chi connectivity index (χ1v) is 14.6. The van der Waals surface area contributed by atoms with Crippen molar-refractivity contribution in [3.05, 3.63) is 64.7 Å². The number of nitrogens with zero attached hydrogens (tertiary/aromatic N) is 6. The highest BCUT2D eigenvalue weighted by Gasteiger charge is 2.43. The van der Waals surface area contributed by atoms with Crippen LogP contribution >= 0.6 is 11.6 Å². The molecule has 3 aromatic rings. The van der Waals surface area contributed by atoms with Crippen LogP contribution in [0.5, 0.6) is 5.75 Å². The van der Waals surface area contributed by atoms with Gasteiger partial charge in [0.2, 0.25) is 11.9 Å². The number of carbonyl (C=O) groups excluding carboxylic acids is 1. The number of carbonyl (C=O) groups is 1. The van der Waals surface area contributed by atoms with Crippen molar-refractivity contribution in [3.63, 3.8) is 0 Å². The van der Waals surface area contributed by atoms with Gasteiger partial charge in [-0.3, -0.25) is 4.79 Å². The van der Waals surface area contributed by atoms with Gasteiger partial charge in [-0.2, -0.15) is 13.2 Å². The maximum atomic E-state index is 14.8. The Bertz CT molecular complexity index is 1420. The molecule has 224 valence electrons. The number of amides is 1. The second-order valence-electron chi connectivity index (χ2n) is 11.3. The zero-order valence-corrected chi connectivity index (χ0v) is 23.6. The lowest BCUT2D eigenvalue weighted by atomic mass is 9.90. The normalized spacial score (nSPS) is 20.9. The van der Waals surface area contributed by atoms with Crippen LogP contribution in [0.15, 0.2) is 36.8 Å². The summed E-state index contributed by atoms with van der Waals surface area (Å²) < 4.78 is 60.9. The molecule has 2 fully saturated rings. The van der Waals surface area contributed by atoms with Gasteiger partial charge in [0, 0.05) is 38.4 Å². The maximum Gasteiger partial charge on any atom is 0.434 e. The van der Waals surface area contributed by atoms with Crippen molar-refractivity contribution >= 4 is 23.5 Å². The summed E-state index contributed by atoms with van der Waals surface area (Å²) in [4.78, 5) is 28.7. The fourth-order valence-electron chi connectivity index (χ4n) is 6.14. The molecule has 4 heterocycles. The van der Waals surface area contributed by atoms with Crippen molar-refractivity contribution in [3.8, 4) is 5.75 Å². The van der Waals surface area contributed by atoms with E-state index < -0.39 is 17.7 Å². The molecule has 0 N–H and O–H groups in total. The third-order valence-electron chi connectivity index (χ3n) is 8.58. The van der Waals surface area contributed by atoms with Crippen molar-refractivity contribution in [1.29, 1.82) is 0 Å². The molecule has 8 nitrogen and oxygen atoms in total. The van der Waals surface area contributed by atoms with Gasteiger partial charge in [-0.05, 0) is 55.1 Å². The summed E-state index contributed by atoms with van der Waals surface area (Å²) in [5.41, 5.74) is -0.758. The molecule has 1 aromatic carbocycles. The fraction of sp³-hybridized carbons (Fsp3) is 0.517. The summed E-state index contributed by atoms with van der Waals surface area (Å²) in [5, 5.41) is 0.531. The van der Waals surface area contributed by atoms with Crippen LogP contribution in [0.3, 0.4) is 0 Å². The molecule has 1 saturated heterocycles. The number of aromatic nitrogens is 4. The average Bonchev–Trinajstić information content (AvgIpc) is 3.60. The molecule has 2 atom stereocenters. The van der Waals surface area contributed by atoms with Crippen molar-refractivity contribution in [2.75, 3.05) is 31.1 Å². The Kier molecular flexibility index (Phi) is 7.99. The van der Waals surface area contributed by atoms with Gasteiger partial charge in [-0.25, -0.2) is 19.3 Å². The van der Waals surface area contributed by atoms with E-state index in [1.165, 1.54) is 28.0 Å². The Balaban J connectivity index is 0.929. The molecular weight excluding hydrogens is 576 g/mol. The number of hydrogen-bond donors (Lipinski definition) is 0. The summed E-state index contributed by atoms with van der Waals surface area (Å²) >= 11 is 5.89. The maximum absolute atomic E-state index is 14.8. The third-order valence-corrected chi connectivity index (χ3v) is 8.78. The SMILES string of the molecule is O=C(Cc1ccc(OCCC2CC2C2CCN(c3ncc(Cl)cn3)CC2)cc1F)N1CCn2cc(C(F)(F)F)nc2C1. The van der Waals surface area contributed by atoms with Gasteiger partial charge >= 0.3 is 6.18 Å². The molecule has 6 rings (SSSR count). The minimum Gasteiger partial charge on any atom is -0.493 e. The summed E-state index contributed by atoms with van der Waals surface area (Å²) in [7, 11) is 0. The molecule has 0 radical (unpaired) electrons. The lowest BCUT2D eigenvalue weighted by Crippen LogP contribution is -2.39. The monoisotopic (exact) mass is 606 g/mol. The Morgan fingerprint density at radius 3 is 2.57 bits per heavy atom. The molecule has 1 amide bonds. The summed E-state index contributed by atoms with van der Waals surface area (Å²) in [6.07, 6.45) is 3.79. The van der Waals surface area contributed by atoms with Gasteiger partial charge in [0.05, 0.1) is 37.0 Å². The number of imidazole rings is 1. The van der Waals surface area contributed by atoms with Crippen LogP contribution in [0.25, 0.3) is 0 Å². The minimum atomic E-state index is -4.54. The number of rotatable bonds is 8. The number of piperidine rings is 1. The predicted octanol–water partition coefficient (Wildman–Crippen LogP) is 5.39. The number of alkyl halides is 3. The van der Waals surface area contributed by atoms with Crippen LogP contribution in [0, 0.1) is 23.6 Å². The lowest BCUT2D eigenvalue weighted by Gasteiger charge is -2.32. The molecule has 1 saturated carbocycles. The highest BCUT2D eigenvalue weighted by Crippen LogP contribution is 2.50. The zero-order valence-electron chi connectivity index (χ0n) is 22.9. The molecule has 0 spiro atoms. The van der Waals surface area contributed by atoms with Crippen LogP contribution in [-0.2, 0) is 30.5 Å². The number of benzene rings is 1. The molecular formula is C29H31ClF4N6O2. The number of halogens is 5. The average molecular weight is 607 g/mol. The van der Waals surface area contributed by atoms with Crippen molar-refractivity contribution in [2.24, 2.45) is 17.8 Å². The van der Waals surface area contributed by atoms with Gasteiger partial charge in [0.15, 0.2) is 5.69 Å². The molecule has 1 aliphatic carbocycles. The van der Waals surface area contributed by atoms with E-state index in [-0.39, 0.29) is 43.4 Å². The topological polar surface area (TPSA) is 76.4 Å². The van der Waals surface area contributed by atoms with Crippen molar-refractivity contribution in [1.82, 2.24) is 24.4 Å². The van der Waals surface area contributed by atoms with Crippen LogP contribution in [0.1, 0.15) is 42.8 Å². The van der Waals surface area contributed by atoms with Gasteiger partial charge < -0.3 is 19.1 Å². The lowest BCUT2D eigenvalue weighted by molar-refractivity contribution is -0.141. The smallest absolute Gasteiger partial charge is 0.434 e. The van der Waals surface area contributed by atoms with E-state index in [2.05, 4.69) is 19.9 Å². The van der Waals surface area contributed by atoms with E-state index in [9.17, 15) is 22.4 Å². The van der Waals surface area contributed by atoms with Crippen LogP contribution in [0.4, 0.5) is 23.5 Å². The quantitative estimate of drug-likeness (QED) is 0.320. The Morgan fingerprint density at radius 2 is 1.86 bits per heavy atom. The van der Waals surface area contributed by atoms with E-state index in [1.807, 2.05) is 0 Å². The van der Waals surface area contributed by atoms with Gasteiger partial charge in [0.1, 0.15) is 17.4 Å². The first-order valence-electron chi connectivity index (χ1n) is 14.2. The van der Waals surface area contributed by atoms with Crippen LogP contribution in [-0.4, -0.2) is 56.6 Å². The molecule has 2 aliphatic heterocycles. The van der Waals surface area contributed by atoms with E-state index >= 15 is 0 Å². The second-order valence-corrected chi connectivity index (χ2v) is 11.7. The zero-order chi connectivity index (χ0) is 29.4. The third kappa shape index (κ3) is 6.48. The Labute approximate surface area is 245 Å². The summed E-state index contributed by atoms with van der Waals surface area (Å²) in [5.74, 6) is 2.39. The highest BCUT2D eigenvalue weighted by molar-refractivity contribution is 6.30. The Hall–Kier alpha value is -3.41. The van der Waals surface area contributed by atoms with Crippen molar-refractivity contribution in [2.45, 2.75) is 51.4 Å². The highest BCUT2D eigenvalue weighted by atomic mass is 35.5.